The van der Waals surface area contributed by atoms with Gasteiger partial charge in [-0.1, -0.05) is 18.6 Å². The van der Waals surface area contributed by atoms with E-state index in [1.165, 1.54) is 34.4 Å². The van der Waals surface area contributed by atoms with Crippen LogP contribution in [0.5, 0.6) is 0 Å². The molecule has 0 spiro atoms. The zero-order valence-corrected chi connectivity index (χ0v) is 14.8. The molecule has 128 valence electrons. The zero-order valence-electron chi connectivity index (χ0n) is 13.2. The van der Waals surface area contributed by atoms with Gasteiger partial charge in [-0.25, -0.2) is 17.8 Å². The van der Waals surface area contributed by atoms with Crippen LogP contribution in [0.3, 0.4) is 0 Å². The van der Waals surface area contributed by atoms with E-state index in [0.29, 0.717) is 18.8 Å². The maximum absolute atomic E-state index is 13.2. The summed E-state index contributed by atoms with van der Waals surface area (Å²) >= 11 is 1.45. The quantitative estimate of drug-likeness (QED) is 0.758. The molecule has 2 heterocycles. The minimum Gasteiger partial charge on any atom is -0.249 e. The Hall–Kier alpha value is -1.44. The molecule has 1 saturated heterocycles. The molecule has 2 aromatic rings. The van der Waals surface area contributed by atoms with E-state index >= 15 is 0 Å². The van der Waals surface area contributed by atoms with Crippen LogP contribution >= 0.6 is 11.8 Å². The fraction of sp³-hybridized carbons (Fsp3) is 0.353. The summed E-state index contributed by atoms with van der Waals surface area (Å²) in [6, 6.07) is 9.73. The van der Waals surface area contributed by atoms with Crippen LogP contribution in [0.1, 0.15) is 24.8 Å². The molecule has 24 heavy (non-hydrogen) atoms. The Labute approximate surface area is 146 Å². The summed E-state index contributed by atoms with van der Waals surface area (Å²) in [5.41, 5.74) is 0.867. The summed E-state index contributed by atoms with van der Waals surface area (Å²) in [5, 5.41) is 0.719. The molecular weight excluding hydrogens is 347 g/mol. The second-order valence-electron chi connectivity index (χ2n) is 5.72. The number of piperidine rings is 1. The number of thioether (sulfide) groups is 1. The minimum atomic E-state index is -3.44. The average molecular weight is 366 g/mol. The third-order valence-electron chi connectivity index (χ3n) is 3.94. The van der Waals surface area contributed by atoms with Crippen LogP contribution in [0.2, 0.25) is 0 Å². The molecule has 0 aliphatic carbocycles. The summed E-state index contributed by atoms with van der Waals surface area (Å²) in [4.78, 5) is 4.48. The Kier molecular flexibility index (Phi) is 5.53. The third kappa shape index (κ3) is 4.15. The molecule has 3 rings (SSSR count). The third-order valence-corrected chi connectivity index (χ3v) is 6.83. The lowest BCUT2D eigenvalue weighted by atomic mass is 10.2. The molecule has 4 nitrogen and oxygen atoms in total. The second kappa shape index (κ2) is 7.63. The summed E-state index contributed by atoms with van der Waals surface area (Å²) in [6.07, 6.45) is 4.32. The molecule has 1 aromatic carbocycles. The standard InChI is InChI=1S/C17H19FN2O2S2/c18-15-6-4-5-14(11-15)13-23-17-8-7-16(12-19-17)24(21,22)20-9-2-1-3-10-20/h4-8,11-12H,1-3,9-10,13H2. The van der Waals surface area contributed by atoms with Gasteiger partial charge in [0.15, 0.2) is 0 Å². The topological polar surface area (TPSA) is 50.3 Å². The van der Waals surface area contributed by atoms with E-state index in [1.54, 1.807) is 18.2 Å². The van der Waals surface area contributed by atoms with Gasteiger partial charge in [-0.2, -0.15) is 4.31 Å². The first-order valence-corrected chi connectivity index (χ1v) is 10.3. The van der Waals surface area contributed by atoms with Crippen molar-refractivity contribution in [2.24, 2.45) is 0 Å². The van der Waals surface area contributed by atoms with Gasteiger partial charge in [-0.3, -0.25) is 0 Å². The van der Waals surface area contributed by atoms with Crippen LogP contribution in [0, 0.1) is 5.82 Å². The number of benzene rings is 1. The lowest BCUT2D eigenvalue weighted by molar-refractivity contribution is 0.346. The summed E-state index contributed by atoms with van der Waals surface area (Å²) in [7, 11) is -3.44. The predicted octanol–water partition coefficient (Wildman–Crippen LogP) is 3.69. The number of rotatable bonds is 5. The van der Waals surface area contributed by atoms with E-state index in [2.05, 4.69) is 4.98 Å². The predicted molar refractivity (Wildman–Crippen MR) is 92.8 cm³/mol. The summed E-state index contributed by atoms with van der Waals surface area (Å²) in [5.74, 6) is 0.326. The highest BCUT2D eigenvalue weighted by molar-refractivity contribution is 7.98. The first-order valence-electron chi connectivity index (χ1n) is 7.89. The average Bonchev–Trinajstić information content (AvgIpc) is 2.61. The second-order valence-corrected chi connectivity index (χ2v) is 8.65. The number of hydrogen-bond acceptors (Lipinski definition) is 4. The molecule has 0 saturated carbocycles. The Bertz CT molecular complexity index is 788. The molecule has 1 aliphatic rings. The lowest BCUT2D eigenvalue weighted by Gasteiger charge is -2.25. The molecule has 1 aromatic heterocycles. The van der Waals surface area contributed by atoms with Gasteiger partial charge in [0.2, 0.25) is 10.0 Å². The molecular formula is C17H19FN2O2S2. The Balaban J connectivity index is 1.66. The van der Waals surface area contributed by atoms with Gasteiger partial charge < -0.3 is 0 Å². The Morgan fingerprint density at radius 1 is 1.12 bits per heavy atom. The van der Waals surface area contributed by atoms with Crippen LogP contribution in [0.15, 0.2) is 52.5 Å². The van der Waals surface area contributed by atoms with Crippen LogP contribution < -0.4 is 0 Å². The number of halogens is 1. The van der Waals surface area contributed by atoms with Crippen molar-refractivity contribution < 1.29 is 12.8 Å². The number of pyridine rings is 1. The molecule has 0 N–H and O–H groups in total. The normalized spacial score (nSPS) is 16.2. The van der Waals surface area contributed by atoms with Crippen molar-refractivity contribution in [3.63, 3.8) is 0 Å². The van der Waals surface area contributed by atoms with Crippen LogP contribution in [-0.2, 0) is 15.8 Å². The van der Waals surface area contributed by atoms with Gasteiger partial charge in [0, 0.05) is 25.0 Å². The fourth-order valence-corrected chi connectivity index (χ4v) is 4.89. The number of aromatic nitrogens is 1. The van der Waals surface area contributed by atoms with Crippen LogP contribution in [0.4, 0.5) is 4.39 Å². The van der Waals surface area contributed by atoms with E-state index in [-0.39, 0.29) is 10.7 Å². The van der Waals surface area contributed by atoms with Gasteiger partial charge in [-0.15, -0.1) is 11.8 Å². The molecule has 1 aliphatic heterocycles. The van der Waals surface area contributed by atoms with E-state index in [1.807, 2.05) is 6.07 Å². The highest BCUT2D eigenvalue weighted by Gasteiger charge is 2.26. The van der Waals surface area contributed by atoms with Crippen molar-refractivity contribution in [2.75, 3.05) is 13.1 Å². The van der Waals surface area contributed by atoms with Crippen molar-refractivity contribution in [1.29, 1.82) is 0 Å². The lowest BCUT2D eigenvalue weighted by Crippen LogP contribution is -2.35. The van der Waals surface area contributed by atoms with Crippen LogP contribution in [0.25, 0.3) is 0 Å². The highest BCUT2D eigenvalue weighted by Crippen LogP contribution is 2.24. The Morgan fingerprint density at radius 3 is 2.58 bits per heavy atom. The van der Waals surface area contributed by atoms with Crippen molar-refractivity contribution >= 4 is 21.8 Å². The smallest absolute Gasteiger partial charge is 0.244 e. The molecule has 0 bridgehead atoms. The van der Waals surface area contributed by atoms with Gasteiger partial charge in [0.25, 0.3) is 0 Å². The Morgan fingerprint density at radius 2 is 1.92 bits per heavy atom. The molecule has 0 radical (unpaired) electrons. The number of sulfonamides is 1. The maximum atomic E-state index is 13.2. The first-order chi connectivity index (χ1) is 11.6. The maximum Gasteiger partial charge on any atom is 0.244 e. The summed E-state index contributed by atoms with van der Waals surface area (Å²) < 4.78 is 39.8. The van der Waals surface area contributed by atoms with Crippen molar-refractivity contribution in [2.45, 2.75) is 34.9 Å². The summed E-state index contributed by atoms with van der Waals surface area (Å²) in [6.45, 7) is 1.16. The van der Waals surface area contributed by atoms with Crippen LogP contribution in [-0.4, -0.2) is 30.8 Å². The first kappa shape index (κ1) is 17.4. The molecule has 1 fully saturated rings. The monoisotopic (exact) mass is 366 g/mol. The highest BCUT2D eigenvalue weighted by atomic mass is 32.2. The minimum absolute atomic E-state index is 0.236. The molecule has 0 amide bonds. The largest absolute Gasteiger partial charge is 0.249 e. The molecule has 0 unspecified atom stereocenters. The zero-order chi connectivity index (χ0) is 17.0. The molecule has 7 heteroatoms. The van der Waals surface area contributed by atoms with E-state index in [0.717, 1.165) is 29.9 Å². The van der Waals surface area contributed by atoms with E-state index < -0.39 is 10.0 Å². The number of hydrogen-bond donors (Lipinski definition) is 0. The van der Waals surface area contributed by atoms with Crippen molar-refractivity contribution in [3.05, 3.63) is 54.0 Å². The van der Waals surface area contributed by atoms with Crippen molar-refractivity contribution in [1.82, 2.24) is 9.29 Å². The van der Waals surface area contributed by atoms with Crippen molar-refractivity contribution in [3.8, 4) is 0 Å². The van der Waals surface area contributed by atoms with E-state index in [4.69, 9.17) is 0 Å². The molecule has 0 atom stereocenters. The van der Waals surface area contributed by atoms with Gasteiger partial charge in [0.05, 0.1) is 5.03 Å². The SMILES string of the molecule is O=S(=O)(c1ccc(SCc2cccc(F)c2)nc1)N1CCCCC1. The number of nitrogens with zero attached hydrogens (tertiary/aromatic N) is 2. The fourth-order valence-electron chi connectivity index (χ4n) is 2.64. The van der Waals surface area contributed by atoms with Gasteiger partial charge in [-0.05, 0) is 42.7 Å². The van der Waals surface area contributed by atoms with E-state index in [9.17, 15) is 12.8 Å². The van der Waals surface area contributed by atoms with Gasteiger partial charge in [0.1, 0.15) is 10.7 Å². The van der Waals surface area contributed by atoms with Gasteiger partial charge >= 0.3 is 0 Å².